The molecule has 0 atom stereocenters. The molecule has 0 saturated heterocycles. The molecule has 0 unspecified atom stereocenters. The van der Waals surface area contributed by atoms with Crippen LogP contribution in [0, 0.1) is 5.82 Å². The predicted molar refractivity (Wildman–Crippen MR) is 113 cm³/mol. The van der Waals surface area contributed by atoms with Gasteiger partial charge in [-0.25, -0.2) is 14.4 Å². The Morgan fingerprint density at radius 3 is 2.82 bits per heavy atom. The molecule has 6 heteroatoms. The van der Waals surface area contributed by atoms with E-state index < -0.39 is 0 Å². The van der Waals surface area contributed by atoms with E-state index in [1.807, 2.05) is 30.5 Å². The van der Waals surface area contributed by atoms with Crippen molar-refractivity contribution in [2.24, 2.45) is 0 Å². The Hall–Kier alpha value is -2.41. The predicted octanol–water partition coefficient (Wildman–Crippen LogP) is 5.63. The number of benzene rings is 1. The molecule has 4 heterocycles. The van der Waals surface area contributed by atoms with Crippen LogP contribution in [-0.2, 0) is 19.5 Å². The molecule has 0 amide bonds. The van der Waals surface area contributed by atoms with Crippen molar-refractivity contribution in [3.8, 4) is 21.1 Å². The van der Waals surface area contributed by atoms with Gasteiger partial charge in [-0.2, -0.15) is 0 Å². The summed E-state index contributed by atoms with van der Waals surface area (Å²) in [7, 11) is 0. The third kappa shape index (κ3) is 3.51. The number of thiophene rings is 2. The first-order valence-corrected chi connectivity index (χ1v) is 10.9. The third-order valence-electron chi connectivity index (χ3n) is 4.93. The van der Waals surface area contributed by atoms with Crippen molar-refractivity contribution >= 4 is 22.7 Å². The first kappa shape index (κ1) is 17.7. The molecule has 28 heavy (non-hydrogen) atoms. The number of rotatable bonds is 4. The smallest absolute Gasteiger partial charge is 0.169 e. The van der Waals surface area contributed by atoms with Crippen LogP contribution in [0.4, 0.5) is 4.39 Å². The van der Waals surface area contributed by atoms with E-state index in [0.717, 1.165) is 47.3 Å². The summed E-state index contributed by atoms with van der Waals surface area (Å²) in [6.45, 7) is 2.69. The third-order valence-corrected chi connectivity index (χ3v) is 6.90. The zero-order valence-corrected chi connectivity index (χ0v) is 16.8. The van der Waals surface area contributed by atoms with Gasteiger partial charge in [0.05, 0.1) is 10.6 Å². The molecule has 140 valence electrons. The fraction of sp³-hybridized carbons (Fsp3) is 0.182. The highest BCUT2D eigenvalue weighted by molar-refractivity contribution is 7.15. The molecule has 0 spiro atoms. The topological polar surface area (TPSA) is 29.0 Å². The van der Waals surface area contributed by atoms with Gasteiger partial charge in [0.25, 0.3) is 0 Å². The summed E-state index contributed by atoms with van der Waals surface area (Å²) in [4.78, 5) is 15.1. The molecule has 1 aliphatic rings. The van der Waals surface area contributed by atoms with Gasteiger partial charge in [0, 0.05) is 53.1 Å². The van der Waals surface area contributed by atoms with Crippen molar-refractivity contribution in [3.63, 3.8) is 0 Å². The van der Waals surface area contributed by atoms with Gasteiger partial charge < -0.3 is 0 Å². The first-order valence-electron chi connectivity index (χ1n) is 9.21. The number of nitrogens with zero attached hydrogens (tertiary/aromatic N) is 3. The zero-order chi connectivity index (χ0) is 18.9. The maximum atomic E-state index is 14.0. The lowest BCUT2D eigenvalue weighted by atomic mass is 10.1. The van der Waals surface area contributed by atoms with Gasteiger partial charge in [0.1, 0.15) is 5.82 Å². The summed E-state index contributed by atoms with van der Waals surface area (Å²) < 4.78 is 14.0. The molecule has 0 saturated carbocycles. The Labute approximate surface area is 171 Å². The second-order valence-electron chi connectivity index (χ2n) is 6.85. The molecule has 0 N–H and O–H groups in total. The minimum Gasteiger partial charge on any atom is -0.293 e. The standard InChI is InChI=1S/C22H18FN3S2/c23-18-5-2-1-4-17(18)20-8-7-16(28-20)14-26-10-9-19-15(13-26)12-24-22(25-19)21-6-3-11-27-21/h1-8,11-12H,9-10,13-14H2. The lowest BCUT2D eigenvalue weighted by Crippen LogP contribution is -2.30. The van der Waals surface area contributed by atoms with Crippen molar-refractivity contribution < 1.29 is 4.39 Å². The van der Waals surface area contributed by atoms with E-state index >= 15 is 0 Å². The lowest BCUT2D eigenvalue weighted by molar-refractivity contribution is 0.245. The van der Waals surface area contributed by atoms with Crippen molar-refractivity contribution in [1.82, 2.24) is 14.9 Å². The van der Waals surface area contributed by atoms with Crippen LogP contribution in [0.3, 0.4) is 0 Å². The molecule has 1 aliphatic heterocycles. The van der Waals surface area contributed by atoms with Crippen LogP contribution in [0.1, 0.15) is 16.1 Å². The summed E-state index contributed by atoms with van der Waals surface area (Å²) in [6.07, 6.45) is 2.91. The van der Waals surface area contributed by atoms with Crippen molar-refractivity contribution in [2.45, 2.75) is 19.5 Å². The van der Waals surface area contributed by atoms with Crippen molar-refractivity contribution in [3.05, 3.63) is 82.1 Å². The van der Waals surface area contributed by atoms with Gasteiger partial charge in [-0.05, 0) is 29.6 Å². The van der Waals surface area contributed by atoms with Crippen LogP contribution < -0.4 is 0 Å². The van der Waals surface area contributed by atoms with Gasteiger partial charge in [0.15, 0.2) is 5.82 Å². The summed E-state index contributed by atoms with van der Waals surface area (Å²) in [6, 6.07) is 15.2. The second-order valence-corrected chi connectivity index (χ2v) is 8.97. The van der Waals surface area contributed by atoms with E-state index in [9.17, 15) is 4.39 Å². The second kappa shape index (κ2) is 7.54. The molecular weight excluding hydrogens is 389 g/mol. The van der Waals surface area contributed by atoms with Crippen LogP contribution in [-0.4, -0.2) is 21.4 Å². The highest BCUT2D eigenvalue weighted by Gasteiger charge is 2.20. The lowest BCUT2D eigenvalue weighted by Gasteiger charge is -2.27. The summed E-state index contributed by atoms with van der Waals surface area (Å²) in [5.41, 5.74) is 3.04. The van der Waals surface area contributed by atoms with Crippen LogP contribution in [0.5, 0.6) is 0 Å². The Bertz CT molecular complexity index is 1100. The van der Waals surface area contributed by atoms with E-state index in [2.05, 4.69) is 27.4 Å². The molecule has 0 fully saturated rings. The maximum absolute atomic E-state index is 14.0. The SMILES string of the molecule is Fc1ccccc1-c1ccc(CN2CCc3nc(-c4cccs4)ncc3C2)s1. The van der Waals surface area contributed by atoms with E-state index in [1.54, 1.807) is 28.7 Å². The van der Waals surface area contributed by atoms with Gasteiger partial charge >= 0.3 is 0 Å². The normalized spacial score (nSPS) is 14.2. The van der Waals surface area contributed by atoms with E-state index in [1.165, 1.54) is 16.5 Å². The molecule has 3 aromatic heterocycles. The Morgan fingerprint density at radius 1 is 1.04 bits per heavy atom. The van der Waals surface area contributed by atoms with Crippen molar-refractivity contribution in [2.75, 3.05) is 6.54 Å². The van der Waals surface area contributed by atoms with Gasteiger partial charge in [-0.3, -0.25) is 4.90 Å². The molecule has 1 aromatic carbocycles. The molecule has 3 nitrogen and oxygen atoms in total. The minimum atomic E-state index is -0.165. The molecule has 4 aromatic rings. The monoisotopic (exact) mass is 407 g/mol. The Kier molecular flexibility index (Phi) is 4.76. The fourth-order valence-electron chi connectivity index (χ4n) is 3.52. The Balaban J connectivity index is 1.30. The Morgan fingerprint density at radius 2 is 1.96 bits per heavy atom. The summed E-state index contributed by atoms with van der Waals surface area (Å²) >= 11 is 3.33. The zero-order valence-electron chi connectivity index (χ0n) is 15.1. The minimum absolute atomic E-state index is 0.165. The first-order chi connectivity index (χ1) is 13.8. The summed E-state index contributed by atoms with van der Waals surface area (Å²) in [5.74, 6) is 0.663. The van der Waals surface area contributed by atoms with Crippen LogP contribution in [0.2, 0.25) is 0 Å². The van der Waals surface area contributed by atoms with Crippen LogP contribution >= 0.6 is 22.7 Å². The largest absolute Gasteiger partial charge is 0.293 e. The number of halogens is 1. The fourth-order valence-corrected chi connectivity index (χ4v) is 5.27. The van der Waals surface area contributed by atoms with Gasteiger partial charge in [-0.1, -0.05) is 24.3 Å². The summed E-state index contributed by atoms with van der Waals surface area (Å²) in [5, 5.41) is 2.05. The molecule has 5 rings (SSSR count). The molecule has 0 bridgehead atoms. The average Bonchev–Trinajstić information content (AvgIpc) is 3.40. The number of hydrogen-bond donors (Lipinski definition) is 0. The number of fused-ring (bicyclic) bond motifs is 1. The van der Waals surface area contributed by atoms with Gasteiger partial charge in [0.2, 0.25) is 0 Å². The van der Waals surface area contributed by atoms with Gasteiger partial charge in [-0.15, -0.1) is 22.7 Å². The van der Waals surface area contributed by atoms with Crippen LogP contribution in [0.15, 0.2) is 60.1 Å². The van der Waals surface area contributed by atoms with Crippen molar-refractivity contribution in [1.29, 1.82) is 0 Å². The highest BCUT2D eigenvalue weighted by atomic mass is 32.1. The van der Waals surface area contributed by atoms with Crippen LogP contribution in [0.25, 0.3) is 21.1 Å². The number of hydrogen-bond acceptors (Lipinski definition) is 5. The molecule has 0 radical (unpaired) electrons. The van der Waals surface area contributed by atoms with E-state index in [4.69, 9.17) is 4.98 Å². The highest BCUT2D eigenvalue weighted by Crippen LogP contribution is 2.31. The van der Waals surface area contributed by atoms with E-state index in [-0.39, 0.29) is 5.82 Å². The van der Waals surface area contributed by atoms with E-state index in [0.29, 0.717) is 5.56 Å². The average molecular weight is 408 g/mol. The number of aromatic nitrogens is 2. The molecule has 0 aliphatic carbocycles. The maximum Gasteiger partial charge on any atom is 0.169 e. The molecular formula is C22H18FN3S2. The quantitative estimate of drug-likeness (QED) is 0.439.